The molecule has 0 fully saturated rings. The van der Waals surface area contributed by atoms with Crippen molar-refractivity contribution >= 4 is 17.2 Å². The van der Waals surface area contributed by atoms with Crippen molar-refractivity contribution < 1.29 is 5.11 Å². The fourth-order valence-electron chi connectivity index (χ4n) is 1.05. The summed E-state index contributed by atoms with van der Waals surface area (Å²) in [5, 5.41) is 9.40. The third kappa shape index (κ3) is 0.964. The molecule has 62 valence electrons. The van der Waals surface area contributed by atoms with Crippen LogP contribution in [0.5, 0.6) is 0 Å². The van der Waals surface area contributed by atoms with E-state index in [0.29, 0.717) is 16.5 Å². The summed E-state index contributed by atoms with van der Waals surface area (Å²) >= 11 is 5.79. The Kier molecular flexibility index (Phi) is 1.71. The SMILES string of the molecule is OCc1nccn2c(Cl)cnc12. The number of fused-ring (bicyclic) bond motifs is 1. The molecule has 2 aromatic heterocycles. The van der Waals surface area contributed by atoms with Crippen LogP contribution in [0.25, 0.3) is 5.65 Å². The van der Waals surface area contributed by atoms with E-state index in [1.807, 2.05) is 0 Å². The van der Waals surface area contributed by atoms with E-state index in [2.05, 4.69) is 9.97 Å². The summed E-state index contributed by atoms with van der Waals surface area (Å²) in [5.74, 6) is 0. The van der Waals surface area contributed by atoms with Crippen molar-refractivity contribution in [2.24, 2.45) is 0 Å². The number of rotatable bonds is 1. The Balaban J connectivity index is 2.81. The summed E-state index contributed by atoms with van der Waals surface area (Å²) in [6.07, 6.45) is 4.80. The van der Waals surface area contributed by atoms with Crippen molar-refractivity contribution in [3.05, 3.63) is 29.4 Å². The number of hydrogen-bond acceptors (Lipinski definition) is 3. The summed E-state index contributed by atoms with van der Waals surface area (Å²) in [7, 11) is 0. The molecule has 4 nitrogen and oxygen atoms in total. The molecule has 0 atom stereocenters. The summed E-state index contributed by atoms with van der Waals surface area (Å²) in [5.41, 5.74) is 1.13. The van der Waals surface area contributed by atoms with Gasteiger partial charge in [-0.15, -0.1) is 0 Å². The molecule has 5 heteroatoms. The van der Waals surface area contributed by atoms with Crippen LogP contribution in [0.15, 0.2) is 18.6 Å². The summed E-state index contributed by atoms with van der Waals surface area (Å²) in [6.45, 7) is -0.127. The summed E-state index contributed by atoms with van der Waals surface area (Å²) in [4.78, 5) is 7.94. The molecule has 0 aliphatic rings. The molecule has 0 radical (unpaired) electrons. The van der Waals surface area contributed by atoms with E-state index in [4.69, 9.17) is 16.7 Å². The zero-order valence-electron chi connectivity index (χ0n) is 6.11. The highest BCUT2D eigenvalue weighted by Gasteiger charge is 2.04. The maximum atomic E-state index is 8.89. The minimum Gasteiger partial charge on any atom is -0.390 e. The van der Waals surface area contributed by atoms with Crippen LogP contribution in [0.2, 0.25) is 5.15 Å². The van der Waals surface area contributed by atoms with Crippen molar-refractivity contribution in [2.75, 3.05) is 0 Å². The first-order chi connectivity index (χ1) is 5.83. The fourth-order valence-corrected chi connectivity index (χ4v) is 1.24. The first-order valence-corrected chi connectivity index (χ1v) is 3.78. The molecule has 2 rings (SSSR count). The standard InChI is InChI=1S/C7H6ClN3O/c8-6-3-10-7-5(4-12)9-1-2-11(6)7/h1-3,12H,4H2. The number of hydrogen-bond donors (Lipinski definition) is 1. The molecule has 2 aromatic rings. The van der Waals surface area contributed by atoms with Crippen molar-refractivity contribution in [2.45, 2.75) is 6.61 Å². The number of imidazole rings is 1. The van der Waals surface area contributed by atoms with Crippen LogP contribution >= 0.6 is 11.6 Å². The Morgan fingerprint density at radius 2 is 2.33 bits per heavy atom. The van der Waals surface area contributed by atoms with Gasteiger partial charge in [-0.25, -0.2) is 4.98 Å². The van der Waals surface area contributed by atoms with E-state index in [9.17, 15) is 0 Å². The Labute approximate surface area is 73.5 Å². The van der Waals surface area contributed by atoms with Gasteiger partial charge in [0.2, 0.25) is 0 Å². The second-order valence-corrected chi connectivity index (χ2v) is 2.69. The van der Waals surface area contributed by atoms with Crippen molar-refractivity contribution in [1.82, 2.24) is 14.4 Å². The molecule has 0 bridgehead atoms. The van der Waals surface area contributed by atoms with Gasteiger partial charge >= 0.3 is 0 Å². The van der Waals surface area contributed by atoms with Crippen molar-refractivity contribution in [3.8, 4) is 0 Å². The van der Waals surface area contributed by atoms with Gasteiger partial charge in [-0.1, -0.05) is 11.6 Å². The van der Waals surface area contributed by atoms with Gasteiger partial charge in [-0.05, 0) is 0 Å². The zero-order valence-corrected chi connectivity index (χ0v) is 6.86. The topological polar surface area (TPSA) is 50.4 Å². The van der Waals surface area contributed by atoms with Gasteiger partial charge in [0, 0.05) is 12.4 Å². The molecule has 1 N–H and O–H groups in total. The van der Waals surface area contributed by atoms with Gasteiger partial charge in [-0.2, -0.15) is 0 Å². The Morgan fingerprint density at radius 1 is 1.50 bits per heavy atom. The molecule has 0 saturated carbocycles. The first-order valence-electron chi connectivity index (χ1n) is 3.40. The average molecular weight is 184 g/mol. The maximum absolute atomic E-state index is 8.89. The van der Waals surface area contributed by atoms with Crippen LogP contribution < -0.4 is 0 Å². The van der Waals surface area contributed by atoms with Crippen molar-refractivity contribution in [1.29, 1.82) is 0 Å². The second kappa shape index (κ2) is 2.73. The van der Waals surface area contributed by atoms with Crippen LogP contribution in [0.3, 0.4) is 0 Å². The number of aliphatic hydroxyl groups is 1. The predicted octanol–water partition coefficient (Wildman–Crippen LogP) is 0.875. The molecule has 0 aromatic carbocycles. The van der Waals surface area contributed by atoms with Crippen LogP contribution in [-0.4, -0.2) is 19.5 Å². The third-order valence-electron chi connectivity index (χ3n) is 1.61. The Bertz CT molecular complexity index is 412. The van der Waals surface area contributed by atoms with Gasteiger partial charge < -0.3 is 5.11 Å². The molecule has 0 aliphatic heterocycles. The molecule has 2 heterocycles. The van der Waals surface area contributed by atoms with Gasteiger partial charge in [0.15, 0.2) is 5.65 Å². The van der Waals surface area contributed by atoms with E-state index < -0.39 is 0 Å². The molecule has 0 unspecified atom stereocenters. The minimum absolute atomic E-state index is 0.127. The van der Waals surface area contributed by atoms with Gasteiger partial charge in [-0.3, -0.25) is 9.38 Å². The normalized spacial score (nSPS) is 10.8. The van der Waals surface area contributed by atoms with Crippen LogP contribution in [0, 0.1) is 0 Å². The zero-order chi connectivity index (χ0) is 8.55. The van der Waals surface area contributed by atoms with Crippen LogP contribution in [-0.2, 0) is 6.61 Å². The fraction of sp³-hybridized carbons (Fsp3) is 0.143. The van der Waals surface area contributed by atoms with Gasteiger partial charge in [0.1, 0.15) is 10.8 Å². The maximum Gasteiger partial charge on any atom is 0.162 e. The van der Waals surface area contributed by atoms with E-state index in [0.717, 1.165) is 0 Å². The quantitative estimate of drug-likeness (QED) is 0.714. The minimum atomic E-state index is -0.127. The molecular weight excluding hydrogens is 178 g/mol. The highest BCUT2D eigenvalue weighted by Crippen LogP contribution is 2.13. The highest BCUT2D eigenvalue weighted by atomic mass is 35.5. The lowest BCUT2D eigenvalue weighted by molar-refractivity contribution is 0.278. The lowest BCUT2D eigenvalue weighted by Crippen LogP contribution is -1.95. The monoisotopic (exact) mass is 183 g/mol. The molecular formula is C7H6ClN3O. The van der Waals surface area contributed by atoms with Gasteiger partial charge in [0.25, 0.3) is 0 Å². The highest BCUT2D eigenvalue weighted by molar-refractivity contribution is 6.29. The number of aliphatic hydroxyl groups excluding tert-OH is 1. The van der Waals surface area contributed by atoms with E-state index in [1.54, 1.807) is 16.8 Å². The number of nitrogens with zero attached hydrogens (tertiary/aromatic N) is 3. The van der Waals surface area contributed by atoms with E-state index in [1.165, 1.54) is 6.20 Å². The average Bonchev–Trinajstić information content (AvgIpc) is 2.48. The molecule has 0 aliphatic carbocycles. The molecule has 12 heavy (non-hydrogen) atoms. The third-order valence-corrected chi connectivity index (χ3v) is 1.89. The number of halogens is 1. The van der Waals surface area contributed by atoms with Crippen LogP contribution in [0.1, 0.15) is 5.69 Å². The lowest BCUT2D eigenvalue weighted by Gasteiger charge is -1.97. The summed E-state index contributed by atoms with van der Waals surface area (Å²) < 4.78 is 1.67. The lowest BCUT2D eigenvalue weighted by atomic mass is 10.4. The number of aromatic nitrogens is 3. The largest absolute Gasteiger partial charge is 0.390 e. The van der Waals surface area contributed by atoms with E-state index >= 15 is 0 Å². The van der Waals surface area contributed by atoms with Crippen molar-refractivity contribution in [3.63, 3.8) is 0 Å². The second-order valence-electron chi connectivity index (χ2n) is 2.31. The van der Waals surface area contributed by atoms with Crippen LogP contribution in [0.4, 0.5) is 0 Å². The first kappa shape index (κ1) is 7.52. The van der Waals surface area contributed by atoms with Gasteiger partial charge in [0.05, 0.1) is 12.8 Å². The smallest absolute Gasteiger partial charge is 0.162 e. The molecule has 0 saturated heterocycles. The van der Waals surface area contributed by atoms with E-state index in [-0.39, 0.29) is 6.61 Å². The summed E-state index contributed by atoms with van der Waals surface area (Å²) in [6, 6.07) is 0. The Morgan fingerprint density at radius 3 is 3.08 bits per heavy atom. The molecule has 0 spiro atoms. The Hall–Kier alpha value is -1.13. The molecule has 0 amide bonds. The predicted molar refractivity (Wildman–Crippen MR) is 43.9 cm³/mol.